The van der Waals surface area contributed by atoms with Crippen molar-refractivity contribution >= 4 is 15.9 Å². The zero-order chi connectivity index (χ0) is 24.0. The predicted octanol–water partition coefficient (Wildman–Crippen LogP) is 7.54. The molecule has 0 aliphatic rings. The van der Waals surface area contributed by atoms with E-state index in [1.807, 2.05) is 0 Å². The third-order valence-corrected chi connectivity index (χ3v) is 5.28. The van der Waals surface area contributed by atoms with Crippen LogP contribution in [0.1, 0.15) is 11.1 Å². The van der Waals surface area contributed by atoms with Gasteiger partial charge in [0.25, 0.3) is 0 Å². The highest BCUT2D eigenvalue weighted by Crippen LogP contribution is 2.36. The molecule has 0 N–H and O–H groups in total. The van der Waals surface area contributed by atoms with Crippen molar-refractivity contribution in [3.63, 3.8) is 0 Å². The van der Waals surface area contributed by atoms with Crippen LogP contribution in [0.5, 0.6) is 0 Å². The molecule has 1 aromatic heterocycles. The number of alkyl halides is 6. The molecule has 0 spiro atoms. The van der Waals surface area contributed by atoms with Crippen LogP contribution in [-0.2, 0) is 12.4 Å². The summed E-state index contributed by atoms with van der Waals surface area (Å²) in [7, 11) is 0. The SMILES string of the molecule is Fc1ccc(-c2nnc(-c3ccc(Br)cc3)n2-c2ccc(C(F)(F)F)cc2)cc1C(F)(F)F. The van der Waals surface area contributed by atoms with Gasteiger partial charge >= 0.3 is 12.4 Å². The number of rotatable bonds is 3. The summed E-state index contributed by atoms with van der Waals surface area (Å²) in [5.41, 5.74) is -1.81. The van der Waals surface area contributed by atoms with Crippen LogP contribution in [0.25, 0.3) is 28.5 Å². The molecule has 3 aromatic carbocycles. The summed E-state index contributed by atoms with van der Waals surface area (Å²) in [6.07, 6.45) is -9.52. The highest BCUT2D eigenvalue weighted by Gasteiger charge is 2.35. The molecule has 170 valence electrons. The minimum absolute atomic E-state index is 0.0989. The van der Waals surface area contributed by atoms with E-state index in [4.69, 9.17) is 0 Å². The Bertz CT molecular complexity index is 1290. The first kappa shape index (κ1) is 23.0. The van der Waals surface area contributed by atoms with Crippen molar-refractivity contribution in [2.75, 3.05) is 0 Å². The summed E-state index contributed by atoms with van der Waals surface area (Å²) in [6, 6.07) is 13.1. The molecule has 0 unspecified atom stereocenters. The fraction of sp³-hybridized carbons (Fsp3) is 0.0909. The molecule has 4 rings (SSSR count). The maximum atomic E-state index is 13.8. The van der Waals surface area contributed by atoms with E-state index in [2.05, 4.69) is 26.1 Å². The van der Waals surface area contributed by atoms with Crippen molar-refractivity contribution in [1.82, 2.24) is 14.8 Å². The van der Waals surface area contributed by atoms with Crippen LogP contribution in [0.2, 0.25) is 0 Å². The molecule has 0 fully saturated rings. The molecule has 4 aromatic rings. The second-order valence-corrected chi connectivity index (χ2v) is 7.84. The molecule has 0 saturated carbocycles. The van der Waals surface area contributed by atoms with Crippen molar-refractivity contribution in [2.45, 2.75) is 12.4 Å². The van der Waals surface area contributed by atoms with Gasteiger partial charge in [-0.3, -0.25) is 4.57 Å². The highest BCUT2D eigenvalue weighted by atomic mass is 79.9. The highest BCUT2D eigenvalue weighted by molar-refractivity contribution is 9.10. The van der Waals surface area contributed by atoms with Gasteiger partial charge < -0.3 is 0 Å². The second-order valence-electron chi connectivity index (χ2n) is 6.93. The molecular formula is C22H11BrF7N3. The fourth-order valence-electron chi connectivity index (χ4n) is 3.18. The first-order valence-electron chi connectivity index (χ1n) is 9.21. The van der Waals surface area contributed by atoms with Gasteiger partial charge in [0.15, 0.2) is 11.6 Å². The maximum Gasteiger partial charge on any atom is 0.419 e. The van der Waals surface area contributed by atoms with E-state index in [9.17, 15) is 30.7 Å². The van der Waals surface area contributed by atoms with E-state index in [-0.39, 0.29) is 22.9 Å². The number of hydrogen-bond donors (Lipinski definition) is 0. The molecule has 33 heavy (non-hydrogen) atoms. The fourth-order valence-corrected chi connectivity index (χ4v) is 3.45. The Morgan fingerprint density at radius 1 is 0.667 bits per heavy atom. The third-order valence-electron chi connectivity index (χ3n) is 4.75. The summed E-state index contributed by atoms with van der Waals surface area (Å²) in [5.74, 6) is -1.38. The average Bonchev–Trinajstić information content (AvgIpc) is 3.18. The molecule has 1 heterocycles. The zero-order valence-electron chi connectivity index (χ0n) is 16.2. The Morgan fingerprint density at radius 2 is 1.21 bits per heavy atom. The van der Waals surface area contributed by atoms with E-state index < -0.39 is 29.3 Å². The van der Waals surface area contributed by atoms with E-state index in [0.717, 1.165) is 34.8 Å². The number of nitrogens with zero attached hydrogens (tertiary/aromatic N) is 3. The molecule has 3 nitrogen and oxygen atoms in total. The van der Waals surface area contributed by atoms with Gasteiger partial charge in [0.05, 0.1) is 11.1 Å². The van der Waals surface area contributed by atoms with Crippen LogP contribution in [-0.4, -0.2) is 14.8 Å². The van der Waals surface area contributed by atoms with Gasteiger partial charge in [0, 0.05) is 21.3 Å². The molecule has 0 aliphatic carbocycles. The molecule has 0 amide bonds. The molecular weight excluding hydrogens is 519 g/mol. The minimum Gasteiger partial charge on any atom is -0.275 e. The predicted molar refractivity (Wildman–Crippen MR) is 110 cm³/mol. The summed E-state index contributed by atoms with van der Waals surface area (Å²) in [6.45, 7) is 0. The van der Waals surface area contributed by atoms with Crippen molar-refractivity contribution in [3.8, 4) is 28.5 Å². The van der Waals surface area contributed by atoms with Crippen LogP contribution in [0.15, 0.2) is 71.2 Å². The van der Waals surface area contributed by atoms with Crippen LogP contribution >= 0.6 is 15.9 Å². The summed E-state index contributed by atoms with van der Waals surface area (Å²) < 4.78 is 94.6. The van der Waals surface area contributed by atoms with Crippen LogP contribution in [0.4, 0.5) is 30.7 Å². The largest absolute Gasteiger partial charge is 0.419 e. The summed E-state index contributed by atoms with van der Waals surface area (Å²) in [4.78, 5) is 0. The van der Waals surface area contributed by atoms with Crippen molar-refractivity contribution < 1.29 is 30.7 Å². The van der Waals surface area contributed by atoms with Crippen LogP contribution in [0.3, 0.4) is 0 Å². The van der Waals surface area contributed by atoms with Gasteiger partial charge in [-0.1, -0.05) is 28.1 Å². The second kappa shape index (κ2) is 8.29. The number of hydrogen-bond acceptors (Lipinski definition) is 2. The molecule has 0 radical (unpaired) electrons. The average molecular weight is 530 g/mol. The van der Waals surface area contributed by atoms with Crippen molar-refractivity contribution in [1.29, 1.82) is 0 Å². The van der Waals surface area contributed by atoms with Gasteiger partial charge in [-0.05, 0) is 54.6 Å². The Labute approximate surface area is 190 Å². The van der Waals surface area contributed by atoms with Gasteiger partial charge in [-0.15, -0.1) is 10.2 Å². The number of benzene rings is 3. The van der Waals surface area contributed by atoms with Crippen LogP contribution < -0.4 is 0 Å². The van der Waals surface area contributed by atoms with Crippen LogP contribution in [0, 0.1) is 5.82 Å². The van der Waals surface area contributed by atoms with Crippen molar-refractivity contribution in [2.24, 2.45) is 0 Å². The lowest BCUT2D eigenvalue weighted by molar-refractivity contribution is -0.140. The Morgan fingerprint density at radius 3 is 1.76 bits per heavy atom. The topological polar surface area (TPSA) is 30.7 Å². The zero-order valence-corrected chi connectivity index (χ0v) is 17.8. The molecule has 0 bridgehead atoms. The van der Waals surface area contributed by atoms with Gasteiger partial charge in [-0.25, -0.2) is 4.39 Å². The van der Waals surface area contributed by atoms with E-state index in [1.165, 1.54) is 4.57 Å². The molecule has 0 aliphatic heterocycles. The van der Waals surface area contributed by atoms with Gasteiger partial charge in [0.2, 0.25) is 0 Å². The standard InChI is InChI=1S/C22H11BrF7N3/c23-15-6-1-12(2-7-15)19-31-32-20(13-3-10-18(24)17(11-13)22(28,29)30)33(19)16-8-4-14(5-9-16)21(25,26)27/h1-11H. The molecule has 0 saturated heterocycles. The lowest BCUT2D eigenvalue weighted by Crippen LogP contribution is -2.09. The third kappa shape index (κ3) is 4.63. The smallest absolute Gasteiger partial charge is 0.275 e. The minimum atomic E-state index is -4.95. The quantitative estimate of drug-likeness (QED) is 0.256. The summed E-state index contributed by atoms with van der Waals surface area (Å²) >= 11 is 3.29. The first-order chi connectivity index (χ1) is 15.4. The lowest BCUT2D eigenvalue weighted by Gasteiger charge is -2.14. The van der Waals surface area contributed by atoms with E-state index in [1.54, 1.807) is 24.3 Å². The van der Waals surface area contributed by atoms with E-state index in [0.29, 0.717) is 17.7 Å². The Balaban J connectivity index is 1.93. The number of halogens is 8. The maximum absolute atomic E-state index is 13.8. The monoisotopic (exact) mass is 529 g/mol. The lowest BCUT2D eigenvalue weighted by atomic mass is 10.1. The van der Waals surface area contributed by atoms with Gasteiger partial charge in [-0.2, -0.15) is 26.3 Å². The normalized spacial score (nSPS) is 12.2. The molecule has 0 atom stereocenters. The van der Waals surface area contributed by atoms with Crippen molar-refractivity contribution in [3.05, 3.63) is 88.1 Å². The number of aromatic nitrogens is 3. The summed E-state index contributed by atoms with van der Waals surface area (Å²) in [5, 5.41) is 8.03. The Kier molecular flexibility index (Phi) is 5.77. The van der Waals surface area contributed by atoms with Gasteiger partial charge in [0.1, 0.15) is 5.82 Å². The Hall–Kier alpha value is -3.21. The first-order valence-corrected chi connectivity index (χ1v) is 10.0. The van der Waals surface area contributed by atoms with E-state index >= 15 is 0 Å². The molecule has 11 heteroatoms.